The van der Waals surface area contributed by atoms with Crippen molar-refractivity contribution < 1.29 is 9.84 Å². The highest BCUT2D eigenvalue weighted by Crippen LogP contribution is 2.20. The van der Waals surface area contributed by atoms with E-state index in [2.05, 4.69) is 20.3 Å². The van der Waals surface area contributed by atoms with Gasteiger partial charge in [0, 0.05) is 14.1 Å². The number of aliphatic hydroxyl groups excluding tert-OH is 1. The molecule has 0 saturated carbocycles. The summed E-state index contributed by atoms with van der Waals surface area (Å²) in [6.45, 7) is 3.77. The first-order valence-electron chi connectivity index (χ1n) is 5.27. The zero-order valence-electron chi connectivity index (χ0n) is 10.9. The van der Waals surface area contributed by atoms with E-state index in [9.17, 15) is 5.11 Å². The summed E-state index contributed by atoms with van der Waals surface area (Å²) < 4.78 is 5.00. The van der Waals surface area contributed by atoms with Gasteiger partial charge in [-0.25, -0.2) is 0 Å². The van der Waals surface area contributed by atoms with Gasteiger partial charge in [0.2, 0.25) is 11.9 Å². The number of ether oxygens (including phenoxy) is 1. The van der Waals surface area contributed by atoms with Gasteiger partial charge < -0.3 is 20.1 Å². The lowest BCUT2D eigenvalue weighted by atomic mass is 10.1. The Morgan fingerprint density at radius 1 is 1.35 bits per heavy atom. The molecule has 0 radical (unpaired) electrons. The highest BCUT2D eigenvalue weighted by atomic mass is 16.5. The summed E-state index contributed by atoms with van der Waals surface area (Å²) in [5.41, 5.74) is -0.461. The second kappa shape index (κ2) is 5.13. The number of rotatable bonds is 5. The van der Waals surface area contributed by atoms with Crippen LogP contribution < -0.4 is 15.0 Å². The van der Waals surface area contributed by atoms with Gasteiger partial charge >= 0.3 is 6.01 Å². The third-order valence-corrected chi connectivity index (χ3v) is 2.60. The Balaban J connectivity index is 3.12. The molecule has 1 heterocycles. The van der Waals surface area contributed by atoms with E-state index in [-0.39, 0.29) is 12.6 Å². The summed E-state index contributed by atoms with van der Waals surface area (Å²) in [5.74, 6) is 0.868. The number of anilines is 2. The van der Waals surface area contributed by atoms with Gasteiger partial charge in [0.05, 0.1) is 19.3 Å². The van der Waals surface area contributed by atoms with Gasteiger partial charge in [-0.1, -0.05) is 0 Å². The molecule has 96 valence electrons. The molecule has 7 heteroatoms. The smallest absolute Gasteiger partial charge is 0.322 e. The number of methoxy groups -OCH3 is 1. The van der Waals surface area contributed by atoms with E-state index in [0.29, 0.717) is 11.9 Å². The van der Waals surface area contributed by atoms with Crippen LogP contribution >= 0.6 is 0 Å². The molecular weight excluding hydrogens is 222 g/mol. The zero-order valence-corrected chi connectivity index (χ0v) is 10.9. The summed E-state index contributed by atoms with van der Waals surface area (Å²) in [7, 11) is 5.02. The highest BCUT2D eigenvalue weighted by Gasteiger charge is 2.25. The molecule has 0 unspecified atom stereocenters. The molecule has 0 spiro atoms. The largest absolute Gasteiger partial charge is 0.467 e. The Hall–Kier alpha value is -1.63. The van der Waals surface area contributed by atoms with Crippen LogP contribution in [-0.2, 0) is 0 Å². The Morgan fingerprint density at radius 2 is 2.00 bits per heavy atom. The number of nitrogens with zero attached hydrogens (tertiary/aromatic N) is 4. The van der Waals surface area contributed by atoms with E-state index in [1.807, 2.05) is 20.9 Å². The van der Waals surface area contributed by atoms with E-state index in [4.69, 9.17) is 4.74 Å². The number of aliphatic hydroxyl groups is 1. The molecule has 0 amide bonds. The quantitative estimate of drug-likeness (QED) is 0.758. The average molecular weight is 241 g/mol. The predicted octanol–water partition coefficient (Wildman–Crippen LogP) is 0.129. The lowest BCUT2D eigenvalue weighted by Gasteiger charge is -2.33. The second-order valence-electron chi connectivity index (χ2n) is 4.23. The predicted molar refractivity (Wildman–Crippen MR) is 65.5 cm³/mol. The first-order chi connectivity index (χ1) is 7.94. The van der Waals surface area contributed by atoms with Crippen LogP contribution in [0.1, 0.15) is 13.8 Å². The fourth-order valence-corrected chi connectivity index (χ4v) is 1.08. The standard InChI is InChI=1S/C10H19N5O2/c1-10(2,6-16)15(4)8-12-7(11-3)13-9(14-8)17-5/h16H,6H2,1-5H3,(H,11,12,13,14). The molecule has 0 aliphatic rings. The maximum absolute atomic E-state index is 9.32. The molecule has 0 atom stereocenters. The molecule has 0 aliphatic heterocycles. The Bertz CT molecular complexity index is 361. The molecule has 0 aromatic carbocycles. The second-order valence-corrected chi connectivity index (χ2v) is 4.23. The van der Waals surface area contributed by atoms with E-state index >= 15 is 0 Å². The summed E-state index contributed by atoms with van der Waals surface area (Å²) in [4.78, 5) is 14.2. The minimum atomic E-state index is -0.461. The van der Waals surface area contributed by atoms with E-state index < -0.39 is 5.54 Å². The number of hydrogen-bond donors (Lipinski definition) is 2. The molecule has 2 N–H and O–H groups in total. The maximum atomic E-state index is 9.32. The fourth-order valence-electron chi connectivity index (χ4n) is 1.08. The van der Waals surface area contributed by atoms with E-state index in [0.717, 1.165) is 0 Å². The van der Waals surface area contributed by atoms with Crippen molar-refractivity contribution in [1.29, 1.82) is 0 Å². The molecule has 17 heavy (non-hydrogen) atoms. The van der Waals surface area contributed by atoms with Gasteiger partial charge in [-0.15, -0.1) is 0 Å². The van der Waals surface area contributed by atoms with Crippen LogP contribution in [0.15, 0.2) is 0 Å². The van der Waals surface area contributed by atoms with E-state index in [1.54, 1.807) is 11.9 Å². The number of hydrogen-bond acceptors (Lipinski definition) is 7. The van der Waals surface area contributed by atoms with Gasteiger partial charge in [0.15, 0.2) is 0 Å². The third-order valence-electron chi connectivity index (χ3n) is 2.60. The van der Waals surface area contributed by atoms with Crippen LogP contribution in [0.25, 0.3) is 0 Å². The first-order valence-corrected chi connectivity index (χ1v) is 5.27. The van der Waals surface area contributed by atoms with Crippen molar-refractivity contribution >= 4 is 11.9 Å². The minimum absolute atomic E-state index is 0.00755. The highest BCUT2D eigenvalue weighted by molar-refractivity contribution is 5.39. The molecule has 1 rings (SSSR count). The summed E-state index contributed by atoms with van der Waals surface area (Å²) in [6, 6.07) is 0.236. The van der Waals surface area contributed by atoms with Crippen molar-refractivity contribution in [3.8, 4) is 6.01 Å². The number of aromatic nitrogens is 3. The lowest BCUT2D eigenvalue weighted by Crippen LogP contribution is -2.45. The molecule has 0 fully saturated rings. The molecular formula is C10H19N5O2. The monoisotopic (exact) mass is 241 g/mol. The summed E-state index contributed by atoms with van der Waals surface area (Å²) in [5, 5.41) is 12.2. The van der Waals surface area contributed by atoms with Crippen LogP contribution in [0.5, 0.6) is 6.01 Å². The molecule has 0 saturated heterocycles. The molecule has 1 aromatic heterocycles. The summed E-state index contributed by atoms with van der Waals surface area (Å²) >= 11 is 0. The van der Waals surface area contributed by atoms with Gasteiger partial charge in [-0.3, -0.25) is 0 Å². The number of nitrogens with one attached hydrogen (secondary N) is 1. The van der Waals surface area contributed by atoms with Crippen molar-refractivity contribution in [2.75, 3.05) is 38.0 Å². The van der Waals surface area contributed by atoms with Crippen molar-refractivity contribution in [2.45, 2.75) is 19.4 Å². The Labute approximate surface area is 101 Å². The zero-order chi connectivity index (χ0) is 13.1. The van der Waals surface area contributed by atoms with Gasteiger partial charge in [-0.2, -0.15) is 15.0 Å². The van der Waals surface area contributed by atoms with Crippen LogP contribution in [-0.4, -0.2) is 53.4 Å². The Morgan fingerprint density at radius 3 is 2.47 bits per heavy atom. The fraction of sp³-hybridized carbons (Fsp3) is 0.700. The SMILES string of the molecule is CNc1nc(OC)nc(N(C)C(C)(C)CO)n1. The van der Waals surface area contributed by atoms with Gasteiger partial charge in [0.25, 0.3) is 0 Å². The average Bonchev–Trinajstić information content (AvgIpc) is 2.36. The van der Waals surface area contributed by atoms with Crippen LogP contribution in [0.2, 0.25) is 0 Å². The normalized spacial score (nSPS) is 11.2. The van der Waals surface area contributed by atoms with Gasteiger partial charge in [0.1, 0.15) is 0 Å². The topological polar surface area (TPSA) is 83.4 Å². The van der Waals surface area contributed by atoms with Crippen molar-refractivity contribution in [3.05, 3.63) is 0 Å². The first kappa shape index (κ1) is 13.4. The van der Waals surface area contributed by atoms with E-state index in [1.165, 1.54) is 7.11 Å². The summed E-state index contributed by atoms with van der Waals surface area (Å²) in [6.07, 6.45) is 0. The van der Waals surface area contributed by atoms with Crippen LogP contribution in [0.4, 0.5) is 11.9 Å². The molecule has 0 bridgehead atoms. The molecule has 1 aromatic rings. The Kier molecular flexibility index (Phi) is 4.06. The molecule has 0 aliphatic carbocycles. The van der Waals surface area contributed by atoms with Crippen molar-refractivity contribution in [1.82, 2.24) is 15.0 Å². The van der Waals surface area contributed by atoms with Crippen LogP contribution in [0, 0.1) is 0 Å². The molecule has 7 nitrogen and oxygen atoms in total. The van der Waals surface area contributed by atoms with Gasteiger partial charge in [-0.05, 0) is 13.8 Å². The lowest BCUT2D eigenvalue weighted by molar-refractivity contribution is 0.214. The third kappa shape index (κ3) is 2.94. The van der Waals surface area contributed by atoms with Crippen molar-refractivity contribution in [2.24, 2.45) is 0 Å². The van der Waals surface area contributed by atoms with Crippen molar-refractivity contribution in [3.63, 3.8) is 0 Å². The maximum Gasteiger partial charge on any atom is 0.322 e. The van der Waals surface area contributed by atoms with Crippen LogP contribution in [0.3, 0.4) is 0 Å². The minimum Gasteiger partial charge on any atom is -0.467 e. The number of likely N-dealkylation sites (N-methyl/N-ethyl adjacent to an activating group) is 1.